The molecule has 1 aromatic heterocycles. The minimum Gasteiger partial charge on any atom is -0.489 e. The van der Waals surface area contributed by atoms with Crippen molar-refractivity contribution < 1.29 is 9.53 Å². The van der Waals surface area contributed by atoms with Gasteiger partial charge in [0.2, 0.25) is 0 Å². The number of aromatic nitrogens is 1. The molecule has 0 bridgehead atoms. The molecule has 0 unspecified atom stereocenters. The van der Waals surface area contributed by atoms with Crippen molar-refractivity contribution in [3.05, 3.63) is 24.0 Å². The summed E-state index contributed by atoms with van der Waals surface area (Å²) in [6.07, 6.45) is 8.24. The maximum Gasteiger partial charge on any atom is 0.178 e. The summed E-state index contributed by atoms with van der Waals surface area (Å²) in [6.45, 7) is 4.42. The number of terminal acetylenes is 1. The Morgan fingerprint density at radius 2 is 2.35 bits per heavy atom. The number of nitrogens with zero attached hydrogens (tertiary/aromatic N) is 1. The van der Waals surface area contributed by atoms with Crippen molar-refractivity contribution >= 4 is 5.78 Å². The molecule has 0 saturated heterocycles. The number of ether oxygens (including phenoxy) is 1. The molecule has 0 aliphatic carbocycles. The maximum absolute atomic E-state index is 11.7. The summed E-state index contributed by atoms with van der Waals surface area (Å²) >= 11 is 0. The monoisotopic (exact) mass is 232 g/mol. The Morgan fingerprint density at radius 3 is 3.00 bits per heavy atom. The zero-order valence-corrected chi connectivity index (χ0v) is 10.1. The molecule has 1 heterocycles. The van der Waals surface area contributed by atoms with Gasteiger partial charge in [0, 0.05) is 11.8 Å². The summed E-state index contributed by atoms with van der Waals surface area (Å²) < 4.78 is 5.46. The molecule has 4 heteroatoms. The number of carbonyl (C=O) groups is 1. The molecule has 1 rings (SSSR count). The molecule has 1 aromatic rings. The van der Waals surface area contributed by atoms with E-state index in [-0.39, 0.29) is 18.4 Å². The van der Waals surface area contributed by atoms with Crippen molar-refractivity contribution in [1.82, 2.24) is 10.3 Å². The van der Waals surface area contributed by atoms with Crippen LogP contribution in [0.3, 0.4) is 0 Å². The first-order valence-corrected chi connectivity index (χ1v) is 5.42. The van der Waals surface area contributed by atoms with Crippen LogP contribution in [-0.4, -0.2) is 30.0 Å². The third kappa shape index (κ3) is 4.66. The lowest BCUT2D eigenvalue weighted by atomic mass is 10.2. The number of pyridine rings is 1. The van der Waals surface area contributed by atoms with Crippen LogP contribution in [0.1, 0.15) is 24.2 Å². The van der Waals surface area contributed by atoms with Gasteiger partial charge >= 0.3 is 0 Å². The van der Waals surface area contributed by atoms with E-state index < -0.39 is 0 Å². The van der Waals surface area contributed by atoms with Gasteiger partial charge in [0.1, 0.15) is 5.75 Å². The van der Waals surface area contributed by atoms with E-state index in [2.05, 4.69) is 16.2 Å². The van der Waals surface area contributed by atoms with Crippen LogP contribution < -0.4 is 10.1 Å². The Morgan fingerprint density at radius 1 is 1.59 bits per heavy atom. The Balaban J connectivity index is 2.64. The van der Waals surface area contributed by atoms with E-state index in [1.807, 2.05) is 13.8 Å². The number of ketones is 1. The molecule has 0 aliphatic rings. The van der Waals surface area contributed by atoms with Crippen molar-refractivity contribution in [2.75, 3.05) is 13.1 Å². The smallest absolute Gasteiger partial charge is 0.178 e. The number of rotatable bonds is 6. The average molecular weight is 232 g/mol. The highest BCUT2D eigenvalue weighted by atomic mass is 16.5. The number of carbonyl (C=O) groups excluding carboxylic acids is 1. The van der Waals surface area contributed by atoms with Gasteiger partial charge in [0.05, 0.1) is 25.4 Å². The SMILES string of the molecule is C#CCNCC(=O)c1cncc(OC(C)C)c1. The van der Waals surface area contributed by atoms with Gasteiger partial charge < -0.3 is 4.74 Å². The Labute approximate surface area is 101 Å². The van der Waals surface area contributed by atoms with Crippen LogP contribution in [0.15, 0.2) is 18.5 Å². The van der Waals surface area contributed by atoms with Gasteiger partial charge in [-0.15, -0.1) is 6.42 Å². The molecule has 17 heavy (non-hydrogen) atoms. The van der Waals surface area contributed by atoms with E-state index in [0.717, 1.165) is 0 Å². The normalized spacial score (nSPS) is 10.0. The molecule has 1 N–H and O–H groups in total. The zero-order valence-electron chi connectivity index (χ0n) is 10.1. The molecule has 4 nitrogen and oxygen atoms in total. The van der Waals surface area contributed by atoms with Gasteiger partial charge in [0.15, 0.2) is 5.78 Å². The standard InChI is InChI=1S/C13H16N2O2/c1-4-5-14-9-13(16)11-6-12(8-15-7-11)17-10(2)3/h1,6-8,10,14H,5,9H2,2-3H3. The summed E-state index contributed by atoms with van der Waals surface area (Å²) in [4.78, 5) is 15.7. The highest BCUT2D eigenvalue weighted by Gasteiger charge is 2.07. The first-order chi connectivity index (χ1) is 8.13. The van der Waals surface area contributed by atoms with Crippen molar-refractivity contribution in [3.63, 3.8) is 0 Å². The average Bonchev–Trinajstić information content (AvgIpc) is 2.28. The highest BCUT2D eigenvalue weighted by molar-refractivity contribution is 5.97. The first kappa shape index (κ1) is 13.2. The van der Waals surface area contributed by atoms with Gasteiger partial charge in [-0.05, 0) is 19.9 Å². The second-order valence-electron chi connectivity index (χ2n) is 3.81. The number of hydrogen-bond acceptors (Lipinski definition) is 4. The molecular weight excluding hydrogens is 216 g/mol. The number of Topliss-reactive ketones (excluding diaryl/α,β-unsaturated/α-hetero) is 1. The quantitative estimate of drug-likeness (QED) is 0.456. The Kier molecular flexibility index (Phi) is 5.18. The van der Waals surface area contributed by atoms with Crippen LogP contribution in [0.4, 0.5) is 0 Å². The lowest BCUT2D eigenvalue weighted by molar-refractivity contribution is 0.0991. The van der Waals surface area contributed by atoms with Crippen molar-refractivity contribution in [2.45, 2.75) is 20.0 Å². The summed E-state index contributed by atoms with van der Waals surface area (Å²) in [6, 6.07) is 1.69. The first-order valence-electron chi connectivity index (χ1n) is 5.42. The summed E-state index contributed by atoms with van der Waals surface area (Å²) in [7, 11) is 0. The third-order valence-electron chi connectivity index (χ3n) is 1.92. The van der Waals surface area contributed by atoms with Gasteiger partial charge in [-0.2, -0.15) is 0 Å². The third-order valence-corrected chi connectivity index (χ3v) is 1.92. The van der Waals surface area contributed by atoms with Crippen LogP contribution in [0.25, 0.3) is 0 Å². The largest absolute Gasteiger partial charge is 0.489 e. The van der Waals surface area contributed by atoms with Crippen LogP contribution in [-0.2, 0) is 0 Å². The van der Waals surface area contributed by atoms with E-state index in [9.17, 15) is 4.79 Å². The molecular formula is C13H16N2O2. The molecule has 0 amide bonds. The predicted molar refractivity (Wildman–Crippen MR) is 66.0 cm³/mol. The van der Waals surface area contributed by atoms with Crippen molar-refractivity contribution in [2.24, 2.45) is 0 Å². The fourth-order valence-electron chi connectivity index (χ4n) is 1.26. The molecule has 0 saturated carbocycles. The molecule has 90 valence electrons. The fraction of sp³-hybridized carbons (Fsp3) is 0.385. The van der Waals surface area contributed by atoms with Crippen LogP contribution in [0, 0.1) is 12.3 Å². The predicted octanol–water partition coefficient (Wildman–Crippen LogP) is 1.27. The van der Waals surface area contributed by atoms with E-state index >= 15 is 0 Å². The molecule has 0 atom stereocenters. The van der Waals surface area contributed by atoms with Crippen LogP contribution >= 0.6 is 0 Å². The summed E-state index contributed by atoms with van der Waals surface area (Å²) in [5, 5.41) is 2.84. The van der Waals surface area contributed by atoms with E-state index in [0.29, 0.717) is 17.9 Å². The maximum atomic E-state index is 11.7. The Bertz CT molecular complexity index is 422. The Hall–Kier alpha value is -1.86. The molecule has 0 radical (unpaired) electrons. The summed E-state index contributed by atoms with van der Waals surface area (Å²) in [5.74, 6) is 2.95. The van der Waals surface area contributed by atoms with E-state index in [1.54, 1.807) is 12.3 Å². The zero-order chi connectivity index (χ0) is 12.7. The van der Waals surface area contributed by atoms with E-state index in [1.165, 1.54) is 6.20 Å². The van der Waals surface area contributed by atoms with Gasteiger partial charge in [-0.3, -0.25) is 15.1 Å². The van der Waals surface area contributed by atoms with E-state index in [4.69, 9.17) is 11.2 Å². The fourth-order valence-corrected chi connectivity index (χ4v) is 1.26. The van der Waals surface area contributed by atoms with Crippen LogP contribution in [0.2, 0.25) is 0 Å². The summed E-state index contributed by atoms with van der Waals surface area (Å²) in [5.41, 5.74) is 0.521. The van der Waals surface area contributed by atoms with Crippen molar-refractivity contribution in [3.8, 4) is 18.1 Å². The topological polar surface area (TPSA) is 51.2 Å². The number of nitrogens with one attached hydrogen (secondary N) is 1. The second-order valence-corrected chi connectivity index (χ2v) is 3.81. The molecule has 0 fully saturated rings. The molecule has 0 aliphatic heterocycles. The van der Waals surface area contributed by atoms with Gasteiger partial charge in [0.25, 0.3) is 0 Å². The van der Waals surface area contributed by atoms with Crippen molar-refractivity contribution in [1.29, 1.82) is 0 Å². The number of hydrogen-bond donors (Lipinski definition) is 1. The minimum absolute atomic E-state index is 0.0537. The lowest BCUT2D eigenvalue weighted by Gasteiger charge is -2.09. The second kappa shape index (κ2) is 6.66. The van der Waals surface area contributed by atoms with Gasteiger partial charge in [-0.25, -0.2) is 0 Å². The van der Waals surface area contributed by atoms with Crippen LogP contribution in [0.5, 0.6) is 5.75 Å². The molecule has 0 aromatic carbocycles. The lowest BCUT2D eigenvalue weighted by Crippen LogP contribution is -2.23. The van der Waals surface area contributed by atoms with Gasteiger partial charge in [-0.1, -0.05) is 5.92 Å². The highest BCUT2D eigenvalue weighted by Crippen LogP contribution is 2.13. The minimum atomic E-state index is -0.0537. The molecule has 0 spiro atoms.